The van der Waals surface area contributed by atoms with Crippen LogP contribution in [-0.4, -0.2) is 27.0 Å². The lowest BCUT2D eigenvalue weighted by molar-refractivity contribution is 0.499. The van der Waals surface area contributed by atoms with Gasteiger partial charge in [0, 0.05) is 27.8 Å². The van der Waals surface area contributed by atoms with Crippen molar-refractivity contribution in [2.24, 2.45) is 0 Å². The molecule has 1 atom stereocenters. The van der Waals surface area contributed by atoms with Crippen LogP contribution < -0.4 is 5.32 Å². The van der Waals surface area contributed by atoms with Crippen molar-refractivity contribution in [3.63, 3.8) is 0 Å². The molecule has 0 saturated carbocycles. The van der Waals surface area contributed by atoms with Gasteiger partial charge in [-0.3, -0.25) is 0 Å². The molecule has 0 radical (unpaired) electrons. The molecule has 1 rings (SSSR count). The van der Waals surface area contributed by atoms with Gasteiger partial charge in [-0.1, -0.05) is 13.8 Å². The van der Waals surface area contributed by atoms with E-state index in [0.29, 0.717) is 6.04 Å². The maximum Gasteiger partial charge on any atom is 0.147 e. The second-order valence-corrected chi connectivity index (χ2v) is 8.40. The molecule has 19 heavy (non-hydrogen) atoms. The van der Waals surface area contributed by atoms with Gasteiger partial charge in [-0.25, -0.2) is 8.42 Å². The number of thiophene rings is 1. The van der Waals surface area contributed by atoms with E-state index in [1.165, 1.54) is 16.0 Å². The third-order valence-electron chi connectivity index (χ3n) is 3.02. The van der Waals surface area contributed by atoms with Gasteiger partial charge >= 0.3 is 0 Å². The number of hydrogen-bond donors (Lipinski definition) is 1. The SMILES string of the molecule is CCCNC(CCCS(C)(=O)=O)c1ccc(CC)s1. The number of sulfone groups is 1. The van der Waals surface area contributed by atoms with Crippen LogP contribution in [0.2, 0.25) is 0 Å². The van der Waals surface area contributed by atoms with Crippen molar-refractivity contribution in [1.29, 1.82) is 0 Å². The zero-order chi connectivity index (χ0) is 14.3. The van der Waals surface area contributed by atoms with E-state index >= 15 is 0 Å². The zero-order valence-corrected chi connectivity index (χ0v) is 13.7. The van der Waals surface area contributed by atoms with Crippen LogP contribution in [0, 0.1) is 0 Å². The van der Waals surface area contributed by atoms with E-state index in [9.17, 15) is 8.42 Å². The Kier molecular flexibility index (Phi) is 7.04. The quantitative estimate of drug-likeness (QED) is 0.762. The summed E-state index contributed by atoms with van der Waals surface area (Å²) in [6.45, 7) is 5.28. The highest BCUT2D eigenvalue weighted by molar-refractivity contribution is 7.90. The van der Waals surface area contributed by atoms with Crippen LogP contribution >= 0.6 is 11.3 Å². The smallest absolute Gasteiger partial charge is 0.147 e. The van der Waals surface area contributed by atoms with E-state index in [2.05, 4.69) is 31.3 Å². The predicted molar refractivity (Wildman–Crippen MR) is 83.7 cm³/mol. The molecule has 1 unspecified atom stereocenters. The summed E-state index contributed by atoms with van der Waals surface area (Å²) in [7, 11) is -2.85. The molecule has 5 heteroatoms. The van der Waals surface area contributed by atoms with Crippen molar-refractivity contribution in [2.75, 3.05) is 18.6 Å². The minimum atomic E-state index is -2.85. The summed E-state index contributed by atoms with van der Waals surface area (Å²) in [4.78, 5) is 2.72. The Balaban J connectivity index is 2.60. The molecule has 0 bridgehead atoms. The highest BCUT2D eigenvalue weighted by atomic mass is 32.2. The molecule has 0 aromatic carbocycles. The lowest BCUT2D eigenvalue weighted by atomic mass is 10.1. The Hall–Kier alpha value is -0.390. The van der Waals surface area contributed by atoms with E-state index in [1.54, 1.807) is 0 Å². The predicted octanol–water partition coefficient (Wildman–Crippen LogP) is 3.18. The fraction of sp³-hybridized carbons (Fsp3) is 0.714. The zero-order valence-electron chi connectivity index (χ0n) is 12.1. The van der Waals surface area contributed by atoms with Crippen molar-refractivity contribution >= 4 is 21.2 Å². The van der Waals surface area contributed by atoms with Crippen LogP contribution in [0.3, 0.4) is 0 Å². The van der Waals surface area contributed by atoms with Crippen molar-refractivity contribution in [1.82, 2.24) is 5.32 Å². The standard InChI is InChI=1S/C14H25NO2S2/c1-4-10-15-13(7-6-11-19(3,16)17)14-9-8-12(5-2)18-14/h8-9,13,15H,4-7,10-11H2,1-3H3. The Morgan fingerprint density at radius 1 is 1.32 bits per heavy atom. The minimum absolute atomic E-state index is 0.281. The van der Waals surface area contributed by atoms with E-state index in [1.807, 2.05) is 11.3 Å². The Labute approximate surface area is 121 Å². The monoisotopic (exact) mass is 303 g/mol. The average molecular weight is 303 g/mol. The van der Waals surface area contributed by atoms with Crippen molar-refractivity contribution in [3.8, 4) is 0 Å². The molecular weight excluding hydrogens is 278 g/mol. The number of aryl methyl sites for hydroxylation is 1. The molecular formula is C14H25NO2S2. The Morgan fingerprint density at radius 2 is 2.05 bits per heavy atom. The Bertz CT molecular complexity index is 466. The van der Waals surface area contributed by atoms with Gasteiger partial charge in [-0.2, -0.15) is 0 Å². The van der Waals surface area contributed by atoms with Crippen molar-refractivity contribution in [2.45, 2.75) is 45.6 Å². The third-order valence-corrected chi connectivity index (χ3v) is 5.40. The maximum absolute atomic E-state index is 11.2. The summed E-state index contributed by atoms with van der Waals surface area (Å²) in [5, 5.41) is 3.52. The van der Waals surface area contributed by atoms with E-state index in [0.717, 1.165) is 32.2 Å². The Morgan fingerprint density at radius 3 is 2.58 bits per heavy atom. The molecule has 1 N–H and O–H groups in total. The molecule has 1 aromatic heterocycles. The molecule has 0 aliphatic rings. The molecule has 1 aromatic rings. The molecule has 0 amide bonds. The summed E-state index contributed by atoms with van der Waals surface area (Å²) in [6, 6.07) is 4.65. The summed E-state index contributed by atoms with van der Waals surface area (Å²) < 4.78 is 22.4. The summed E-state index contributed by atoms with van der Waals surface area (Å²) in [6.07, 6.45) is 5.07. The molecule has 3 nitrogen and oxygen atoms in total. The van der Waals surface area contributed by atoms with Gasteiger partial charge in [0.05, 0.1) is 0 Å². The first-order chi connectivity index (χ1) is 8.96. The largest absolute Gasteiger partial charge is 0.309 e. The summed E-state index contributed by atoms with van der Waals surface area (Å²) in [5.41, 5.74) is 0. The van der Waals surface area contributed by atoms with Crippen LogP contribution in [0.4, 0.5) is 0 Å². The van der Waals surface area contributed by atoms with Crippen molar-refractivity contribution < 1.29 is 8.42 Å². The highest BCUT2D eigenvalue weighted by Gasteiger charge is 2.14. The first-order valence-corrected chi connectivity index (χ1v) is 9.83. The lowest BCUT2D eigenvalue weighted by Gasteiger charge is -2.16. The maximum atomic E-state index is 11.2. The molecule has 110 valence electrons. The average Bonchev–Trinajstić information content (AvgIpc) is 2.80. The fourth-order valence-corrected chi connectivity index (χ4v) is 3.74. The van der Waals surface area contributed by atoms with E-state index in [-0.39, 0.29) is 5.75 Å². The van der Waals surface area contributed by atoms with Gasteiger partial charge < -0.3 is 5.32 Å². The molecule has 0 saturated heterocycles. The molecule has 0 spiro atoms. The molecule has 0 aliphatic heterocycles. The number of hydrogen-bond acceptors (Lipinski definition) is 4. The van der Waals surface area contributed by atoms with Crippen LogP contribution in [0.15, 0.2) is 12.1 Å². The van der Waals surface area contributed by atoms with E-state index < -0.39 is 9.84 Å². The van der Waals surface area contributed by atoms with Gasteiger partial charge in [0.1, 0.15) is 9.84 Å². The van der Waals surface area contributed by atoms with E-state index in [4.69, 9.17) is 0 Å². The second-order valence-electron chi connectivity index (χ2n) is 4.94. The van der Waals surface area contributed by atoms with Gasteiger partial charge in [0.15, 0.2) is 0 Å². The summed E-state index contributed by atoms with van der Waals surface area (Å²) in [5.74, 6) is 0.281. The van der Waals surface area contributed by atoms with Gasteiger partial charge in [-0.05, 0) is 44.4 Å². The fourth-order valence-electron chi connectivity index (χ4n) is 1.98. The number of rotatable bonds is 9. The highest BCUT2D eigenvalue weighted by Crippen LogP contribution is 2.27. The summed E-state index contributed by atoms with van der Waals surface area (Å²) >= 11 is 1.84. The van der Waals surface area contributed by atoms with Crippen LogP contribution in [0.1, 0.15) is 48.9 Å². The number of nitrogens with one attached hydrogen (secondary N) is 1. The first-order valence-electron chi connectivity index (χ1n) is 6.96. The van der Waals surface area contributed by atoms with Gasteiger partial charge in [0.2, 0.25) is 0 Å². The lowest BCUT2D eigenvalue weighted by Crippen LogP contribution is -2.22. The molecule has 1 heterocycles. The van der Waals surface area contributed by atoms with Crippen LogP contribution in [0.25, 0.3) is 0 Å². The van der Waals surface area contributed by atoms with Gasteiger partial charge in [0.25, 0.3) is 0 Å². The first kappa shape index (κ1) is 16.7. The van der Waals surface area contributed by atoms with Crippen molar-refractivity contribution in [3.05, 3.63) is 21.9 Å². The minimum Gasteiger partial charge on any atom is -0.309 e. The molecule has 0 fully saturated rings. The molecule has 0 aliphatic carbocycles. The third kappa shape index (κ3) is 6.54. The topological polar surface area (TPSA) is 46.2 Å². The van der Waals surface area contributed by atoms with Crippen LogP contribution in [-0.2, 0) is 16.3 Å². The van der Waals surface area contributed by atoms with Gasteiger partial charge in [-0.15, -0.1) is 11.3 Å². The second kappa shape index (κ2) is 8.02. The normalized spacial score (nSPS) is 13.6. The van der Waals surface area contributed by atoms with Crippen LogP contribution in [0.5, 0.6) is 0 Å².